The van der Waals surface area contributed by atoms with Gasteiger partial charge in [-0.25, -0.2) is 8.78 Å². The minimum absolute atomic E-state index is 0.0380. The van der Waals surface area contributed by atoms with E-state index < -0.39 is 148 Å². The molecule has 0 saturated carbocycles. The molecule has 10 atom stereocenters. The Labute approximate surface area is 500 Å². The number of methoxy groups -OCH3 is 1. The number of aliphatic hydroxyl groups is 2. The predicted octanol–water partition coefficient (Wildman–Crippen LogP) is 8.34. The van der Waals surface area contributed by atoms with Gasteiger partial charge in [-0.3, -0.25) is 29.0 Å². The van der Waals surface area contributed by atoms with E-state index in [1.807, 2.05) is 4.90 Å². The highest BCUT2D eigenvalue weighted by Crippen LogP contribution is 2.55. The molecular formula is C65H73F2N5O14. The van der Waals surface area contributed by atoms with E-state index in [1.165, 1.54) is 95.5 Å². The molecule has 5 aromatic rings. The number of rotatable bonds is 12. The minimum atomic E-state index is -2.52. The van der Waals surface area contributed by atoms with Crippen LogP contribution in [0.25, 0.3) is 10.8 Å². The van der Waals surface area contributed by atoms with Crippen molar-refractivity contribution in [1.82, 2.24) is 10.3 Å². The number of hydrogen-bond acceptors (Lipinski definition) is 17. The lowest BCUT2D eigenvalue weighted by molar-refractivity contribution is -0.160. The first kappa shape index (κ1) is 60.5. The number of hydrogen-bond donors (Lipinski definition) is 7. The van der Waals surface area contributed by atoms with E-state index in [0.29, 0.717) is 5.69 Å². The van der Waals surface area contributed by atoms with Crippen molar-refractivity contribution in [2.45, 2.75) is 104 Å². The number of allylic oxidation sites excluding steroid dienone is 2. The molecule has 4 heterocycles. The van der Waals surface area contributed by atoms with Crippen LogP contribution < -0.4 is 20.3 Å². The van der Waals surface area contributed by atoms with E-state index in [-0.39, 0.29) is 70.7 Å². The Morgan fingerprint density at radius 3 is 2.26 bits per heavy atom. The maximum atomic E-state index is 15.2. The van der Waals surface area contributed by atoms with Crippen molar-refractivity contribution in [3.8, 4) is 23.0 Å². The summed E-state index contributed by atoms with van der Waals surface area (Å²) in [6.45, 7) is 12.8. The number of phenols is 3. The average molecular weight is 1190 g/mol. The largest absolute Gasteiger partial charge is 0.507 e. The molecule has 1 saturated heterocycles. The van der Waals surface area contributed by atoms with E-state index in [4.69, 9.17) is 21.7 Å². The number of Topliss-reactive ketones (excluding diaryl/α,β-unsaturated/α-hetero) is 2. The van der Waals surface area contributed by atoms with Crippen molar-refractivity contribution in [2.75, 3.05) is 43.5 Å². The highest BCUT2D eigenvalue weighted by Gasteiger charge is 2.50. The average Bonchev–Trinajstić information content (AvgIpc) is 1.49. The van der Waals surface area contributed by atoms with Crippen LogP contribution in [0.5, 0.6) is 23.0 Å². The van der Waals surface area contributed by atoms with E-state index in [9.17, 15) is 53.9 Å². The molecule has 4 aliphatic rings. The second kappa shape index (κ2) is 26.7. The molecule has 9 rings (SSSR count). The van der Waals surface area contributed by atoms with Gasteiger partial charge < -0.3 is 60.0 Å². The van der Waals surface area contributed by atoms with E-state index in [1.54, 1.807) is 57.0 Å². The van der Waals surface area contributed by atoms with Gasteiger partial charge in [0.2, 0.25) is 0 Å². The summed E-state index contributed by atoms with van der Waals surface area (Å²) in [5, 5.41) is 70.3. The minimum Gasteiger partial charge on any atom is -0.507 e. The first-order chi connectivity index (χ1) is 41.6. The number of carbonyl (C=O) groups is 5. The molecule has 5 bridgehead atoms. The van der Waals surface area contributed by atoms with Gasteiger partial charge in [-0.05, 0) is 67.8 Å². The number of aromatic hydroxyl groups is 3. The number of halogens is 2. The fraction of sp³-hybridized carbons (Fsp3) is 0.385. The predicted molar refractivity (Wildman–Crippen MR) is 318 cm³/mol. The van der Waals surface area contributed by atoms with E-state index >= 15 is 4.39 Å². The van der Waals surface area contributed by atoms with Crippen LogP contribution in [-0.4, -0.2) is 136 Å². The number of piperazine rings is 1. The van der Waals surface area contributed by atoms with Crippen LogP contribution in [0.3, 0.4) is 0 Å². The first-order valence-corrected chi connectivity index (χ1v) is 28.2. The molecule has 4 aliphatic heterocycles. The van der Waals surface area contributed by atoms with Crippen molar-refractivity contribution >= 4 is 57.7 Å². The van der Waals surface area contributed by atoms with Crippen molar-refractivity contribution in [2.24, 2.45) is 28.8 Å². The number of ether oxygens (including phenoxy) is 4. The maximum Gasteiger partial charge on any atom is 0.312 e. The maximum absolute atomic E-state index is 15.2. The molecule has 5 aromatic carbocycles. The van der Waals surface area contributed by atoms with Gasteiger partial charge in [0.05, 0.1) is 77.7 Å². The van der Waals surface area contributed by atoms with Crippen molar-refractivity contribution < 1.29 is 80.0 Å². The Kier molecular flexibility index (Phi) is 18.8. The quantitative estimate of drug-likeness (QED) is 0.0268. The fourth-order valence-corrected chi connectivity index (χ4v) is 11.1. The lowest BCUT2D eigenvalue weighted by atomic mass is 9.78. The number of hydrazone groups is 1. The Hall–Kier alpha value is -8.66. The molecule has 0 aromatic heterocycles. The molecule has 1 unspecified atom stereocenters. The number of anilines is 2. The summed E-state index contributed by atoms with van der Waals surface area (Å²) in [7, 11) is 1.40. The first-order valence-electron chi connectivity index (χ1n) is 29.2. The Balaban J connectivity index is 1.13. The zero-order valence-corrected chi connectivity index (χ0v) is 49.1. The highest BCUT2D eigenvalue weighted by atomic mass is 19.1. The number of carbonyl (C=O) groups excluding carboxylic acids is 5. The van der Waals surface area contributed by atoms with Crippen LogP contribution in [0, 0.1) is 42.2 Å². The SMILES string of the molecule is [2H]C([2H])(c1ccccc1)C(NC(=O)c1ccccc1F)C(=O)Cc1cc(F)ccc1N1CCN(/N=C/c2c3c(O)c4c(O)c(C)c5c(c4c2O)C(=O)[C@@](C)(O/C=C/[C@H](OC)[C@@H](C)[C@@H](OC(C)=O)[C@H](C)[C@H](O)[C@H](C)[C@@H](O)[C@@H](C)/C=C/C=C(/C)C(=O)N3)O5)CC1. The van der Waals surface area contributed by atoms with Gasteiger partial charge >= 0.3 is 11.8 Å². The number of ketones is 2. The summed E-state index contributed by atoms with van der Waals surface area (Å²) in [5.74, 6) is -13.0. The summed E-state index contributed by atoms with van der Waals surface area (Å²) in [5.41, 5.74) is -0.787. The lowest BCUT2D eigenvalue weighted by Gasteiger charge is -2.38. The number of amides is 2. The summed E-state index contributed by atoms with van der Waals surface area (Å²) in [6.07, 6.45) is 1.06. The summed E-state index contributed by atoms with van der Waals surface area (Å²) >= 11 is 0. The van der Waals surface area contributed by atoms with Crippen molar-refractivity contribution in [1.29, 1.82) is 0 Å². The van der Waals surface area contributed by atoms with E-state index in [2.05, 4.69) is 15.7 Å². The standard InChI is InChI=1S/C65H73F2N5O14/c1-34-16-15-17-35(2)63(81)70-54-45(33-68-72-27-25-71(26-28-72)48-23-22-43(66)31-42(48)32-49(74)47(30-41-18-11-10-12-19-41)69-64(82)44-20-13-14-21-46(44)67)58(78)51-52(59(54)79)57(77)39(6)61-53(51)62(80)65(8,86-61)84-29-24-50(83-9)36(3)60(85-40(7)73)38(5)56(76)37(4)55(34)75/h10-24,29,31,33-34,36-38,47,50,55-56,60,75-79H,25-28,30,32H2,1-9H3,(H,69,82)(H,70,81)/b16-15+,29-24+,35-17-,68-33+/t34-,36+,37+,38+,47?,50-,55-,56+,60+,65-/m0/s1/i30D2. The van der Waals surface area contributed by atoms with Crippen LogP contribution >= 0.6 is 0 Å². The van der Waals surface area contributed by atoms with Crippen molar-refractivity contribution in [3.05, 3.63) is 154 Å². The number of esters is 1. The number of fused-ring (bicyclic) bond motifs is 14. The van der Waals surface area contributed by atoms with Crippen LogP contribution in [-0.2, 0) is 41.4 Å². The van der Waals surface area contributed by atoms with Gasteiger partial charge in [0.25, 0.3) is 17.6 Å². The zero-order valence-electron chi connectivity index (χ0n) is 51.1. The van der Waals surface area contributed by atoms with Crippen LogP contribution in [0.15, 0.2) is 114 Å². The second-order valence-electron chi connectivity index (χ2n) is 22.1. The molecule has 0 aliphatic carbocycles. The molecule has 2 amide bonds. The molecular weight excluding hydrogens is 1110 g/mol. The third kappa shape index (κ3) is 13.4. The number of phenolic OH excluding ortho intramolecular Hbond substituents is 3. The van der Waals surface area contributed by atoms with E-state index in [0.717, 1.165) is 24.6 Å². The Morgan fingerprint density at radius 1 is 0.895 bits per heavy atom. The van der Waals surface area contributed by atoms with Gasteiger partial charge in [0.15, 0.2) is 11.5 Å². The Morgan fingerprint density at radius 2 is 1.58 bits per heavy atom. The van der Waals surface area contributed by atoms with Gasteiger partial charge in [0, 0.05) is 89.1 Å². The number of benzene rings is 5. The zero-order chi connectivity index (χ0) is 64.3. The van der Waals surface area contributed by atoms with Crippen LogP contribution in [0.1, 0.15) is 94.2 Å². The van der Waals surface area contributed by atoms with Gasteiger partial charge in [-0.15, -0.1) is 0 Å². The second-order valence-corrected chi connectivity index (χ2v) is 22.1. The number of aliphatic hydroxyl groups excluding tert-OH is 2. The molecule has 21 heteroatoms. The number of nitrogens with one attached hydrogen (secondary N) is 2. The molecule has 19 nitrogen and oxygen atoms in total. The van der Waals surface area contributed by atoms with Gasteiger partial charge in [-0.1, -0.05) is 88.4 Å². The third-order valence-corrected chi connectivity index (χ3v) is 16.2. The monoisotopic (exact) mass is 1190 g/mol. The van der Waals surface area contributed by atoms with Crippen LogP contribution in [0.2, 0.25) is 0 Å². The highest BCUT2D eigenvalue weighted by molar-refractivity contribution is 6.24. The smallest absolute Gasteiger partial charge is 0.312 e. The van der Waals surface area contributed by atoms with Crippen LogP contribution in [0.4, 0.5) is 20.2 Å². The summed E-state index contributed by atoms with van der Waals surface area (Å²) in [6, 6.07) is 14.7. The topological polar surface area (TPSA) is 266 Å². The molecule has 0 spiro atoms. The summed E-state index contributed by atoms with van der Waals surface area (Å²) < 4.78 is 72.0. The van der Waals surface area contributed by atoms with Gasteiger partial charge in [0.1, 0.15) is 35.0 Å². The lowest BCUT2D eigenvalue weighted by Crippen LogP contribution is -2.46. The summed E-state index contributed by atoms with van der Waals surface area (Å²) in [4.78, 5) is 71.2. The normalized spacial score (nSPS) is 26.2. The molecule has 86 heavy (non-hydrogen) atoms. The number of nitrogens with zero attached hydrogens (tertiary/aromatic N) is 3. The molecule has 0 radical (unpaired) electrons. The Bertz CT molecular complexity index is 3630. The van der Waals surface area contributed by atoms with Crippen molar-refractivity contribution in [3.63, 3.8) is 0 Å². The third-order valence-electron chi connectivity index (χ3n) is 16.2. The molecule has 456 valence electrons. The molecule has 1 fully saturated rings. The van der Waals surface area contributed by atoms with Gasteiger partial charge in [-0.2, -0.15) is 5.10 Å². The molecule has 7 N–H and O–H groups in total. The fourth-order valence-electron chi connectivity index (χ4n) is 11.1.